The normalized spacial score (nSPS) is 26.5. The van der Waals surface area contributed by atoms with Crippen LogP contribution in [-0.2, 0) is 0 Å². The SMILES string of the molecule is CNCCN(C)[C@H]1CCCC[C@@H]1NC(C)(C)C. The van der Waals surface area contributed by atoms with Crippen molar-refractivity contribution in [1.82, 2.24) is 15.5 Å². The van der Waals surface area contributed by atoms with Gasteiger partial charge in [-0.15, -0.1) is 0 Å². The minimum absolute atomic E-state index is 0.226. The van der Waals surface area contributed by atoms with Crippen LogP contribution in [0, 0.1) is 0 Å². The third-order valence-corrected chi connectivity index (χ3v) is 3.63. The third-order valence-electron chi connectivity index (χ3n) is 3.63. The molecule has 2 atom stereocenters. The van der Waals surface area contributed by atoms with Gasteiger partial charge < -0.3 is 15.5 Å². The van der Waals surface area contributed by atoms with Crippen molar-refractivity contribution in [2.45, 2.75) is 64.1 Å². The summed E-state index contributed by atoms with van der Waals surface area (Å²) >= 11 is 0. The summed E-state index contributed by atoms with van der Waals surface area (Å²) in [6.07, 6.45) is 5.43. The lowest BCUT2D eigenvalue weighted by Crippen LogP contribution is -2.56. The highest BCUT2D eigenvalue weighted by molar-refractivity contribution is 4.90. The van der Waals surface area contributed by atoms with Gasteiger partial charge in [0.25, 0.3) is 0 Å². The van der Waals surface area contributed by atoms with Crippen LogP contribution in [0.1, 0.15) is 46.5 Å². The van der Waals surface area contributed by atoms with Crippen LogP contribution in [0.4, 0.5) is 0 Å². The van der Waals surface area contributed by atoms with Crippen molar-refractivity contribution in [3.8, 4) is 0 Å². The Morgan fingerprint density at radius 1 is 1.18 bits per heavy atom. The first kappa shape index (κ1) is 14.9. The number of likely N-dealkylation sites (N-methyl/N-ethyl adjacent to an activating group) is 2. The fourth-order valence-corrected chi connectivity index (χ4v) is 2.82. The molecular weight excluding hydrogens is 210 g/mol. The summed E-state index contributed by atoms with van der Waals surface area (Å²) < 4.78 is 0. The van der Waals surface area contributed by atoms with Crippen LogP contribution in [-0.4, -0.2) is 49.7 Å². The van der Waals surface area contributed by atoms with Gasteiger partial charge in [0.15, 0.2) is 0 Å². The molecule has 0 aromatic carbocycles. The molecule has 17 heavy (non-hydrogen) atoms. The summed E-state index contributed by atoms with van der Waals surface area (Å²) in [7, 11) is 4.30. The second kappa shape index (κ2) is 6.72. The predicted molar refractivity (Wildman–Crippen MR) is 75.5 cm³/mol. The molecule has 0 unspecified atom stereocenters. The molecule has 0 bridgehead atoms. The minimum Gasteiger partial charge on any atom is -0.318 e. The lowest BCUT2D eigenvalue weighted by Gasteiger charge is -2.41. The van der Waals surface area contributed by atoms with E-state index in [2.05, 4.69) is 43.4 Å². The number of rotatable bonds is 5. The van der Waals surface area contributed by atoms with Crippen LogP contribution in [0.25, 0.3) is 0 Å². The molecule has 0 saturated heterocycles. The van der Waals surface area contributed by atoms with Crippen molar-refractivity contribution in [3.63, 3.8) is 0 Å². The number of hydrogen-bond donors (Lipinski definition) is 2. The van der Waals surface area contributed by atoms with E-state index in [1.807, 2.05) is 7.05 Å². The summed E-state index contributed by atoms with van der Waals surface area (Å²) in [4.78, 5) is 2.53. The summed E-state index contributed by atoms with van der Waals surface area (Å²) in [5.41, 5.74) is 0.226. The molecule has 0 heterocycles. The standard InChI is InChI=1S/C14H31N3/c1-14(2,3)16-12-8-6-7-9-13(12)17(5)11-10-15-4/h12-13,15-16H,6-11H2,1-5H3/t12-,13-/m0/s1. The Morgan fingerprint density at radius 2 is 1.82 bits per heavy atom. The Morgan fingerprint density at radius 3 is 2.41 bits per heavy atom. The molecule has 0 amide bonds. The maximum Gasteiger partial charge on any atom is 0.0247 e. The molecule has 3 heteroatoms. The van der Waals surface area contributed by atoms with E-state index < -0.39 is 0 Å². The molecule has 1 aliphatic carbocycles. The first-order valence-electron chi connectivity index (χ1n) is 7.06. The second-order valence-electron chi connectivity index (χ2n) is 6.44. The van der Waals surface area contributed by atoms with Crippen LogP contribution in [0.2, 0.25) is 0 Å². The van der Waals surface area contributed by atoms with Gasteiger partial charge in [0, 0.05) is 30.7 Å². The average Bonchev–Trinajstić information content (AvgIpc) is 2.24. The van der Waals surface area contributed by atoms with Gasteiger partial charge in [0.05, 0.1) is 0 Å². The Hall–Kier alpha value is -0.120. The van der Waals surface area contributed by atoms with Crippen LogP contribution in [0.15, 0.2) is 0 Å². The summed E-state index contributed by atoms with van der Waals surface area (Å²) in [5, 5.41) is 7.04. The minimum atomic E-state index is 0.226. The topological polar surface area (TPSA) is 27.3 Å². The van der Waals surface area contributed by atoms with Crippen LogP contribution in [0.5, 0.6) is 0 Å². The molecule has 0 aromatic heterocycles. The zero-order valence-electron chi connectivity index (χ0n) is 12.3. The Kier molecular flexibility index (Phi) is 5.90. The van der Waals surface area contributed by atoms with Gasteiger partial charge in [0.2, 0.25) is 0 Å². The molecule has 0 spiro atoms. The number of hydrogen-bond acceptors (Lipinski definition) is 3. The molecule has 102 valence electrons. The van der Waals surface area contributed by atoms with Crippen molar-refractivity contribution in [3.05, 3.63) is 0 Å². The van der Waals surface area contributed by atoms with Crippen molar-refractivity contribution in [1.29, 1.82) is 0 Å². The molecule has 0 radical (unpaired) electrons. The van der Waals surface area contributed by atoms with Gasteiger partial charge in [0.1, 0.15) is 0 Å². The highest BCUT2D eigenvalue weighted by atomic mass is 15.2. The molecular formula is C14H31N3. The zero-order valence-corrected chi connectivity index (χ0v) is 12.3. The summed E-state index contributed by atoms with van der Waals surface area (Å²) in [6.45, 7) is 9.03. The van der Waals surface area contributed by atoms with Crippen LogP contribution < -0.4 is 10.6 Å². The quantitative estimate of drug-likeness (QED) is 0.769. The molecule has 3 nitrogen and oxygen atoms in total. The van der Waals surface area contributed by atoms with E-state index in [0.717, 1.165) is 13.1 Å². The average molecular weight is 241 g/mol. The molecule has 1 fully saturated rings. The molecule has 0 aliphatic heterocycles. The molecule has 1 rings (SSSR count). The molecule has 2 N–H and O–H groups in total. The van der Waals surface area contributed by atoms with Gasteiger partial charge in [-0.3, -0.25) is 0 Å². The van der Waals surface area contributed by atoms with Gasteiger partial charge >= 0.3 is 0 Å². The van der Waals surface area contributed by atoms with E-state index in [-0.39, 0.29) is 5.54 Å². The van der Waals surface area contributed by atoms with E-state index in [9.17, 15) is 0 Å². The van der Waals surface area contributed by atoms with E-state index >= 15 is 0 Å². The first-order valence-corrected chi connectivity index (χ1v) is 7.06. The third kappa shape index (κ3) is 5.36. The van der Waals surface area contributed by atoms with Gasteiger partial charge in [-0.05, 0) is 47.7 Å². The van der Waals surface area contributed by atoms with E-state index in [1.54, 1.807) is 0 Å². The first-order chi connectivity index (χ1) is 7.94. The highest BCUT2D eigenvalue weighted by Crippen LogP contribution is 2.24. The van der Waals surface area contributed by atoms with Gasteiger partial charge in [-0.1, -0.05) is 12.8 Å². The van der Waals surface area contributed by atoms with E-state index in [0.29, 0.717) is 12.1 Å². The maximum absolute atomic E-state index is 3.80. The van der Waals surface area contributed by atoms with Gasteiger partial charge in [-0.2, -0.15) is 0 Å². The molecule has 0 aromatic rings. The number of nitrogens with one attached hydrogen (secondary N) is 2. The summed E-state index contributed by atoms with van der Waals surface area (Å²) in [6, 6.07) is 1.36. The zero-order chi connectivity index (χ0) is 12.9. The van der Waals surface area contributed by atoms with Crippen LogP contribution in [0.3, 0.4) is 0 Å². The van der Waals surface area contributed by atoms with Crippen molar-refractivity contribution in [2.75, 3.05) is 27.2 Å². The Bertz CT molecular complexity index is 210. The molecule has 1 saturated carbocycles. The van der Waals surface area contributed by atoms with Gasteiger partial charge in [-0.25, -0.2) is 0 Å². The maximum atomic E-state index is 3.80. The second-order valence-corrected chi connectivity index (χ2v) is 6.44. The van der Waals surface area contributed by atoms with Crippen LogP contribution >= 0.6 is 0 Å². The lowest BCUT2D eigenvalue weighted by atomic mass is 9.87. The monoisotopic (exact) mass is 241 g/mol. The fraction of sp³-hybridized carbons (Fsp3) is 1.00. The number of nitrogens with zero attached hydrogens (tertiary/aromatic N) is 1. The fourth-order valence-electron chi connectivity index (χ4n) is 2.82. The Labute approximate surface area is 107 Å². The highest BCUT2D eigenvalue weighted by Gasteiger charge is 2.30. The van der Waals surface area contributed by atoms with Crippen molar-refractivity contribution < 1.29 is 0 Å². The Balaban J connectivity index is 2.52. The van der Waals surface area contributed by atoms with Crippen molar-refractivity contribution >= 4 is 0 Å². The van der Waals surface area contributed by atoms with Crippen molar-refractivity contribution in [2.24, 2.45) is 0 Å². The molecule has 1 aliphatic rings. The van der Waals surface area contributed by atoms with E-state index in [1.165, 1.54) is 25.7 Å². The smallest absolute Gasteiger partial charge is 0.0247 e. The lowest BCUT2D eigenvalue weighted by molar-refractivity contribution is 0.133. The van der Waals surface area contributed by atoms with E-state index in [4.69, 9.17) is 0 Å². The predicted octanol–water partition coefficient (Wildman–Crippen LogP) is 1.84. The largest absolute Gasteiger partial charge is 0.318 e. The summed E-state index contributed by atoms with van der Waals surface area (Å²) in [5.74, 6) is 0.